The summed E-state index contributed by atoms with van der Waals surface area (Å²) in [6.07, 6.45) is 3.55. The number of carbonyl (C=O) groups is 1. The number of carboxylic acid groups (broad SMARTS) is 1. The maximum atomic E-state index is 10.6. The highest BCUT2D eigenvalue weighted by atomic mass is 16.5. The second-order valence-corrected chi connectivity index (χ2v) is 5.60. The molecule has 25 heavy (non-hydrogen) atoms. The molecule has 0 fully saturated rings. The normalized spacial score (nSPS) is 10.9. The number of hydrogen-bond acceptors (Lipinski definition) is 4. The smallest absolute Gasteiger partial charge is 0.341 e. The topological polar surface area (TPSA) is 72.3 Å². The maximum absolute atomic E-state index is 10.6. The summed E-state index contributed by atoms with van der Waals surface area (Å²) in [7, 11) is 0. The molecule has 0 unspecified atom stereocenters. The van der Waals surface area contributed by atoms with Crippen molar-refractivity contribution in [2.45, 2.75) is 0 Å². The van der Waals surface area contributed by atoms with Crippen molar-refractivity contribution in [3.63, 3.8) is 0 Å². The van der Waals surface area contributed by atoms with Gasteiger partial charge in [-0.1, -0.05) is 30.3 Å². The molecule has 0 saturated heterocycles. The first kappa shape index (κ1) is 15.1. The Morgan fingerprint density at radius 2 is 1.72 bits per heavy atom. The monoisotopic (exact) mass is 330 g/mol. The van der Waals surface area contributed by atoms with Crippen molar-refractivity contribution in [1.82, 2.24) is 9.97 Å². The van der Waals surface area contributed by atoms with Gasteiger partial charge in [0.05, 0.1) is 11.0 Å². The third-order valence-electron chi connectivity index (χ3n) is 4.01. The standard InChI is InChI=1S/C20H14N2O3/c23-18(24)12-25-15-6-3-13(4-7-15)16-9-11-22-20-17(16)8-5-14-2-1-10-21-19(14)20/h1-11H,12H2,(H,23,24). The molecular weight excluding hydrogens is 316 g/mol. The molecule has 4 aromatic rings. The van der Waals surface area contributed by atoms with Crippen molar-refractivity contribution < 1.29 is 14.6 Å². The molecule has 0 bridgehead atoms. The van der Waals surface area contributed by atoms with Crippen LogP contribution in [0.4, 0.5) is 0 Å². The molecule has 2 heterocycles. The molecule has 2 aromatic heterocycles. The molecule has 0 amide bonds. The summed E-state index contributed by atoms with van der Waals surface area (Å²) in [6, 6.07) is 17.3. The number of aliphatic carboxylic acids is 1. The van der Waals surface area contributed by atoms with Crippen LogP contribution in [-0.4, -0.2) is 27.7 Å². The first-order valence-corrected chi connectivity index (χ1v) is 7.80. The number of fused-ring (bicyclic) bond motifs is 3. The summed E-state index contributed by atoms with van der Waals surface area (Å²) in [5.74, 6) is -0.472. The van der Waals surface area contributed by atoms with E-state index < -0.39 is 5.97 Å². The van der Waals surface area contributed by atoms with Crippen LogP contribution in [-0.2, 0) is 4.79 Å². The molecule has 0 aliphatic heterocycles. The fourth-order valence-corrected chi connectivity index (χ4v) is 2.88. The van der Waals surface area contributed by atoms with Crippen LogP contribution in [0, 0.1) is 0 Å². The quantitative estimate of drug-likeness (QED) is 0.574. The van der Waals surface area contributed by atoms with Crippen molar-refractivity contribution in [3.8, 4) is 16.9 Å². The Hall–Kier alpha value is -3.47. The van der Waals surface area contributed by atoms with Gasteiger partial charge in [0.1, 0.15) is 5.75 Å². The number of pyridine rings is 2. The lowest BCUT2D eigenvalue weighted by Crippen LogP contribution is -2.09. The first-order chi connectivity index (χ1) is 12.2. The second-order valence-electron chi connectivity index (χ2n) is 5.60. The molecule has 0 aliphatic carbocycles. The summed E-state index contributed by atoms with van der Waals surface area (Å²) >= 11 is 0. The fraction of sp³-hybridized carbons (Fsp3) is 0.0500. The van der Waals surface area contributed by atoms with Gasteiger partial charge in [0.2, 0.25) is 0 Å². The molecule has 5 nitrogen and oxygen atoms in total. The zero-order valence-electron chi connectivity index (χ0n) is 13.2. The van der Waals surface area contributed by atoms with Gasteiger partial charge in [0.25, 0.3) is 0 Å². The minimum atomic E-state index is -0.997. The number of carboxylic acids is 1. The minimum absolute atomic E-state index is 0.352. The van der Waals surface area contributed by atoms with Gasteiger partial charge in [-0.25, -0.2) is 4.79 Å². The van der Waals surface area contributed by atoms with E-state index in [1.54, 1.807) is 24.5 Å². The van der Waals surface area contributed by atoms with Crippen LogP contribution in [0.15, 0.2) is 67.0 Å². The van der Waals surface area contributed by atoms with Gasteiger partial charge in [-0.05, 0) is 35.4 Å². The molecule has 0 aliphatic rings. The number of ether oxygens (including phenoxy) is 1. The maximum Gasteiger partial charge on any atom is 0.341 e. The van der Waals surface area contributed by atoms with Gasteiger partial charge >= 0.3 is 5.97 Å². The van der Waals surface area contributed by atoms with Gasteiger partial charge < -0.3 is 9.84 Å². The largest absolute Gasteiger partial charge is 0.482 e. The third-order valence-corrected chi connectivity index (χ3v) is 4.01. The Labute approximate surface area is 143 Å². The van der Waals surface area contributed by atoms with Crippen molar-refractivity contribution in [2.75, 3.05) is 6.61 Å². The van der Waals surface area contributed by atoms with Crippen molar-refractivity contribution in [3.05, 3.63) is 67.0 Å². The molecule has 2 aromatic carbocycles. The minimum Gasteiger partial charge on any atom is -0.482 e. The van der Waals surface area contributed by atoms with E-state index in [1.807, 2.05) is 36.4 Å². The Balaban J connectivity index is 1.79. The van der Waals surface area contributed by atoms with Gasteiger partial charge in [0.15, 0.2) is 6.61 Å². The molecule has 0 radical (unpaired) electrons. The highest BCUT2D eigenvalue weighted by molar-refractivity contribution is 6.07. The highest BCUT2D eigenvalue weighted by Gasteiger charge is 2.09. The van der Waals surface area contributed by atoms with E-state index >= 15 is 0 Å². The van der Waals surface area contributed by atoms with Crippen LogP contribution in [0.3, 0.4) is 0 Å². The van der Waals surface area contributed by atoms with Crippen molar-refractivity contribution in [2.24, 2.45) is 0 Å². The number of benzene rings is 2. The number of aromatic nitrogens is 2. The van der Waals surface area contributed by atoms with Crippen LogP contribution >= 0.6 is 0 Å². The highest BCUT2D eigenvalue weighted by Crippen LogP contribution is 2.31. The Bertz CT molecular complexity index is 1080. The molecule has 0 atom stereocenters. The van der Waals surface area contributed by atoms with Crippen LogP contribution in [0.2, 0.25) is 0 Å². The zero-order chi connectivity index (χ0) is 17.2. The van der Waals surface area contributed by atoms with E-state index in [1.165, 1.54) is 0 Å². The summed E-state index contributed by atoms with van der Waals surface area (Å²) in [5.41, 5.74) is 3.79. The van der Waals surface area contributed by atoms with E-state index in [9.17, 15) is 4.79 Å². The predicted octanol–water partition coefficient (Wildman–Crippen LogP) is 3.91. The van der Waals surface area contributed by atoms with E-state index in [4.69, 9.17) is 9.84 Å². The van der Waals surface area contributed by atoms with Crippen LogP contribution in [0.5, 0.6) is 5.75 Å². The lowest BCUT2D eigenvalue weighted by molar-refractivity contribution is -0.139. The molecule has 0 spiro atoms. The van der Waals surface area contributed by atoms with Crippen LogP contribution in [0.25, 0.3) is 32.9 Å². The van der Waals surface area contributed by atoms with Gasteiger partial charge in [-0.2, -0.15) is 0 Å². The van der Waals surface area contributed by atoms with Crippen molar-refractivity contribution >= 4 is 27.8 Å². The van der Waals surface area contributed by atoms with Crippen LogP contribution < -0.4 is 4.74 Å². The SMILES string of the molecule is O=C(O)COc1ccc(-c2ccnc3c2ccc2cccnc23)cc1. The first-order valence-electron chi connectivity index (χ1n) is 7.80. The molecule has 122 valence electrons. The van der Waals surface area contributed by atoms with Crippen LogP contribution in [0.1, 0.15) is 0 Å². The van der Waals surface area contributed by atoms with E-state index in [-0.39, 0.29) is 6.61 Å². The van der Waals surface area contributed by atoms with Gasteiger partial charge in [-0.15, -0.1) is 0 Å². The molecular formula is C20H14N2O3. The Morgan fingerprint density at radius 1 is 0.920 bits per heavy atom. The summed E-state index contributed by atoms with van der Waals surface area (Å²) in [5, 5.41) is 10.7. The number of nitrogens with zero attached hydrogens (tertiary/aromatic N) is 2. The lowest BCUT2D eigenvalue weighted by Gasteiger charge is -2.09. The van der Waals surface area contributed by atoms with Gasteiger partial charge in [-0.3, -0.25) is 9.97 Å². The Kier molecular flexibility index (Phi) is 3.74. The molecule has 5 heteroatoms. The average Bonchev–Trinajstić information content (AvgIpc) is 2.66. The van der Waals surface area contributed by atoms with Gasteiger partial charge in [0, 0.05) is 23.2 Å². The summed E-state index contributed by atoms with van der Waals surface area (Å²) in [6.45, 7) is -0.352. The summed E-state index contributed by atoms with van der Waals surface area (Å²) in [4.78, 5) is 19.5. The molecule has 1 N–H and O–H groups in total. The number of rotatable bonds is 4. The van der Waals surface area contributed by atoms with E-state index in [0.29, 0.717) is 5.75 Å². The summed E-state index contributed by atoms with van der Waals surface area (Å²) < 4.78 is 5.18. The fourth-order valence-electron chi connectivity index (χ4n) is 2.88. The number of hydrogen-bond donors (Lipinski definition) is 1. The Morgan fingerprint density at radius 3 is 2.52 bits per heavy atom. The third kappa shape index (κ3) is 2.87. The lowest BCUT2D eigenvalue weighted by atomic mass is 10.00. The molecule has 0 saturated carbocycles. The second kappa shape index (κ2) is 6.20. The van der Waals surface area contributed by atoms with E-state index in [2.05, 4.69) is 16.0 Å². The van der Waals surface area contributed by atoms with E-state index in [0.717, 1.165) is 32.9 Å². The predicted molar refractivity (Wildman–Crippen MR) is 95.6 cm³/mol. The van der Waals surface area contributed by atoms with Crippen molar-refractivity contribution in [1.29, 1.82) is 0 Å². The molecule has 4 rings (SSSR count). The average molecular weight is 330 g/mol. The zero-order valence-corrected chi connectivity index (χ0v) is 13.2.